The van der Waals surface area contributed by atoms with E-state index >= 15 is 0 Å². The molecular formula is C12H8ClFN4. The molecule has 90 valence electrons. The highest BCUT2D eigenvalue weighted by Crippen LogP contribution is 2.23. The van der Waals surface area contributed by atoms with Crippen molar-refractivity contribution in [3.8, 4) is 11.4 Å². The molecule has 0 bridgehead atoms. The maximum absolute atomic E-state index is 13.3. The molecule has 6 heteroatoms. The number of halogens is 2. The molecule has 0 amide bonds. The van der Waals surface area contributed by atoms with Gasteiger partial charge in [-0.3, -0.25) is 9.38 Å². The van der Waals surface area contributed by atoms with Crippen molar-refractivity contribution in [1.82, 2.24) is 19.4 Å². The van der Waals surface area contributed by atoms with Crippen molar-refractivity contribution in [2.45, 2.75) is 6.92 Å². The molecule has 3 aromatic rings. The van der Waals surface area contributed by atoms with E-state index < -0.39 is 0 Å². The minimum absolute atomic E-state index is 0.290. The largest absolute Gasteiger partial charge is 0.295 e. The van der Waals surface area contributed by atoms with Crippen LogP contribution in [0.5, 0.6) is 0 Å². The first-order valence-electron chi connectivity index (χ1n) is 5.27. The Morgan fingerprint density at radius 2 is 2.06 bits per heavy atom. The van der Waals surface area contributed by atoms with Gasteiger partial charge in [-0.05, 0) is 19.1 Å². The number of imidazole rings is 1. The molecule has 0 spiro atoms. The lowest BCUT2D eigenvalue weighted by Gasteiger charge is -2.02. The minimum atomic E-state index is -0.337. The third-order valence-electron chi connectivity index (χ3n) is 2.60. The van der Waals surface area contributed by atoms with Crippen molar-refractivity contribution in [2.24, 2.45) is 0 Å². The second kappa shape index (κ2) is 4.03. The van der Waals surface area contributed by atoms with E-state index in [9.17, 15) is 4.39 Å². The first-order valence-corrected chi connectivity index (χ1v) is 5.65. The van der Waals surface area contributed by atoms with Gasteiger partial charge in [0.2, 0.25) is 0 Å². The second-order valence-corrected chi connectivity index (χ2v) is 4.24. The lowest BCUT2D eigenvalue weighted by Crippen LogP contribution is -1.94. The van der Waals surface area contributed by atoms with Crippen LogP contribution in [0, 0.1) is 12.7 Å². The molecule has 0 N–H and O–H groups in total. The van der Waals surface area contributed by atoms with Gasteiger partial charge in [-0.2, -0.15) is 0 Å². The van der Waals surface area contributed by atoms with Crippen molar-refractivity contribution in [2.75, 3.05) is 0 Å². The fourth-order valence-electron chi connectivity index (χ4n) is 1.90. The first-order chi connectivity index (χ1) is 8.65. The van der Waals surface area contributed by atoms with E-state index in [0.29, 0.717) is 22.2 Å². The Hall–Kier alpha value is -2.01. The normalized spacial score (nSPS) is 11.1. The molecule has 0 aliphatic heterocycles. The van der Waals surface area contributed by atoms with Gasteiger partial charge in [0, 0.05) is 6.20 Å². The van der Waals surface area contributed by atoms with E-state index in [2.05, 4.69) is 15.0 Å². The van der Waals surface area contributed by atoms with Crippen LogP contribution in [0.15, 0.2) is 30.7 Å². The van der Waals surface area contributed by atoms with Crippen LogP contribution in [-0.2, 0) is 0 Å². The topological polar surface area (TPSA) is 43.1 Å². The van der Waals surface area contributed by atoms with E-state index in [0.717, 1.165) is 5.69 Å². The van der Waals surface area contributed by atoms with Crippen LogP contribution in [-0.4, -0.2) is 19.4 Å². The highest BCUT2D eigenvalue weighted by atomic mass is 35.5. The standard InChI is InChI=1S/C12H8ClFN4/c1-7-12(9-4-15-5-10(13)17-9)18-6-8(14)2-3-11(18)16-7/h2-6H,1H3. The Morgan fingerprint density at radius 1 is 1.22 bits per heavy atom. The summed E-state index contributed by atoms with van der Waals surface area (Å²) in [6.45, 7) is 1.84. The van der Waals surface area contributed by atoms with Crippen molar-refractivity contribution < 1.29 is 4.39 Å². The quantitative estimate of drug-likeness (QED) is 0.677. The average Bonchev–Trinajstić information content (AvgIpc) is 2.64. The Kier molecular flexibility index (Phi) is 2.48. The van der Waals surface area contributed by atoms with Crippen molar-refractivity contribution in [3.05, 3.63) is 47.4 Å². The zero-order valence-corrected chi connectivity index (χ0v) is 10.2. The summed E-state index contributed by atoms with van der Waals surface area (Å²) in [6.07, 6.45) is 4.39. The fourth-order valence-corrected chi connectivity index (χ4v) is 2.05. The van der Waals surface area contributed by atoms with E-state index in [4.69, 9.17) is 11.6 Å². The molecule has 3 aromatic heterocycles. The molecule has 3 heterocycles. The van der Waals surface area contributed by atoms with Crippen LogP contribution in [0.1, 0.15) is 5.69 Å². The highest BCUT2D eigenvalue weighted by molar-refractivity contribution is 6.29. The van der Waals surface area contributed by atoms with Crippen molar-refractivity contribution in [3.63, 3.8) is 0 Å². The Bertz CT molecular complexity index is 738. The molecule has 0 aliphatic rings. The molecule has 0 radical (unpaired) electrons. The molecule has 0 unspecified atom stereocenters. The van der Waals surface area contributed by atoms with Crippen molar-refractivity contribution in [1.29, 1.82) is 0 Å². The van der Waals surface area contributed by atoms with Crippen LogP contribution in [0.25, 0.3) is 17.0 Å². The number of hydrogen-bond acceptors (Lipinski definition) is 3. The molecule has 0 saturated heterocycles. The van der Waals surface area contributed by atoms with Gasteiger partial charge in [0.1, 0.15) is 22.3 Å². The molecule has 0 fully saturated rings. The number of pyridine rings is 1. The third-order valence-corrected chi connectivity index (χ3v) is 2.79. The number of fused-ring (bicyclic) bond motifs is 1. The number of aromatic nitrogens is 4. The highest BCUT2D eigenvalue weighted by Gasteiger charge is 2.13. The van der Waals surface area contributed by atoms with Crippen LogP contribution >= 0.6 is 11.6 Å². The summed E-state index contributed by atoms with van der Waals surface area (Å²) < 4.78 is 15.0. The summed E-state index contributed by atoms with van der Waals surface area (Å²) in [5.41, 5.74) is 2.67. The zero-order chi connectivity index (χ0) is 12.7. The lowest BCUT2D eigenvalue weighted by molar-refractivity contribution is 0.619. The summed E-state index contributed by atoms with van der Waals surface area (Å²) >= 11 is 5.82. The van der Waals surface area contributed by atoms with Crippen LogP contribution in [0.4, 0.5) is 4.39 Å². The van der Waals surface area contributed by atoms with E-state index in [1.807, 2.05) is 6.92 Å². The minimum Gasteiger partial charge on any atom is -0.295 e. The predicted molar refractivity (Wildman–Crippen MR) is 65.9 cm³/mol. The zero-order valence-electron chi connectivity index (χ0n) is 9.43. The van der Waals surface area contributed by atoms with Gasteiger partial charge in [-0.15, -0.1) is 0 Å². The molecule has 4 nitrogen and oxygen atoms in total. The second-order valence-electron chi connectivity index (χ2n) is 3.85. The van der Waals surface area contributed by atoms with Gasteiger partial charge in [-0.1, -0.05) is 11.6 Å². The summed E-state index contributed by atoms with van der Waals surface area (Å²) in [4.78, 5) is 12.5. The Balaban J connectivity index is 2.34. The summed E-state index contributed by atoms with van der Waals surface area (Å²) in [5.74, 6) is -0.337. The lowest BCUT2D eigenvalue weighted by atomic mass is 10.2. The van der Waals surface area contributed by atoms with E-state index in [-0.39, 0.29) is 5.82 Å². The number of aryl methyl sites for hydroxylation is 1. The van der Waals surface area contributed by atoms with Crippen LogP contribution in [0.2, 0.25) is 5.15 Å². The maximum atomic E-state index is 13.3. The summed E-state index contributed by atoms with van der Waals surface area (Å²) in [7, 11) is 0. The Morgan fingerprint density at radius 3 is 2.83 bits per heavy atom. The molecule has 0 aliphatic carbocycles. The molecule has 0 saturated carbocycles. The van der Waals surface area contributed by atoms with E-state index in [1.54, 1.807) is 16.7 Å². The van der Waals surface area contributed by atoms with Gasteiger partial charge in [0.15, 0.2) is 0 Å². The monoisotopic (exact) mass is 262 g/mol. The number of hydrogen-bond donors (Lipinski definition) is 0. The van der Waals surface area contributed by atoms with Crippen LogP contribution in [0.3, 0.4) is 0 Å². The first kappa shape index (κ1) is 11.1. The predicted octanol–water partition coefficient (Wildman–Crippen LogP) is 2.89. The van der Waals surface area contributed by atoms with Crippen molar-refractivity contribution >= 4 is 17.2 Å². The van der Waals surface area contributed by atoms with E-state index in [1.165, 1.54) is 18.5 Å². The maximum Gasteiger partial charge on any atom is 0.148 e. The van der Waals surface area contributed by atoms with Gasteiger partial charge in [0.05, 0.1) is 23.8 Å². The van der Waals surface area contributed by atoms with Gasteiger partial charge in [-0.25, -0.2) is 14.4 Å². The number of nitrogens with zero attached hydrogens (tertiary/aromatic N) is 4. The summed E-state index contributed by atoms with van der Waals surface area (Å²) in [5, 5.41) is 0.290. The molecule has 0 atom stereocenters. The fraction of sp³-hybridized carbons (Fsp3) is 0.0833. The summed E-state index contributed by atoms with van der Waals surface area (Å²) in [6, 6.07) is 2.99. The molecular weight excluding hydrogens is 255 g/mol. The molecule has 3 rings (SSSR count). The smallest absolute Gasteiger partial charge is 0.148 e. The third kappa shape index (κ3) is 1.73. The van der Waals surface area contributed by atoms with Gasteiger partial charge < -0.3 is 0 Å². The van der Waals surface area contributed by atoms with Gasteiger partial charge >= 0.3 is 0 Å². The Labute approximate surface area is 107 Å². The van der Waals surface area contributed by atoms with Gasteiger partial charge in [0.25, 0.3) is 0 Å². The number of rotatable bonds is 1. The average molecular weight is 263 g/mol. The SMILES string of the molecule is Cc1nc2ccc(F)cn2c1-c1cncc(Cl)n1. The molecule has 0 aromatic carbocycles. The van der Waals surface area contributed by atoms with Crippen LogP contribution < -0.4 is 0 Å². The molecule has 18 heavy (non-hydrogen) atoms.